The van der Waals surface area contributed by atoms with Crippen LogP contribution >= 0.6 is 0 Å². The van der Waals surface area contributed by atoms with E-state index in [4.69, 9.17) is 0 Å². The second kappa shape index (κ2) is 4.44. The van der Waals surface area contributed by atoms with Crippen LogP contribution in [0.4, 0.5) is 0 Å². The van der Waals surface area contributed by atoms with Crippen molar-refractivity contribution >= 4 is 11.8 Å². The molecule has 0 aromatic heterocycles. The molecule has 1 saturated carbocycles. The Hall–Kier alpha value is -1.06. The van der Waals surface area contributed by atoms with Crippen molar-refractivity contribution in [3.63, 3.8) is 0 Å². The molecule has 2 aliphatic rings. The van der Waals surface area contributed by atoms with E-state index < -0.39 is 0 Å². The van der Waals surface area contributed by atoms with Crippen LogP contribution in [0.25, 0.3) is 0 Å². The van der Waals surface area contributed by atoms with Crippen molar-refractivity contribution in [2.75, 3.05) is 6.54 Å². The minimum atomic E-state index is -0.295. The summed E-state index contributed by atoms with van der Waals surface area (Å²) in [6.45, 7) is 4.23. The van der Waals surface area contributed by atoms with E-state index >= 15 is 0 Å². The summed E-state index contributed by atoms with van der Waals surface area (Å²) in [4.78, 5) is 25.3. The van der Waals surface area contributed by atoms with Gasteiger partial charge in [0.2, 0.25) is 11.8 Å². The van der Waals surface area contributed by atoms with Gasteiger partial charge in [0.15, 0.2) is 0 Å². The van der Waals surface area contributed by atoms with Crippen molar-refractivity contribution in [2.24, 2.45) is 5.92 Å². The lowest BCUT2D eigenvalue weighted by Crippen LogP contribution is -2.60. The molecule has 1 aliphatic heterocycles. The largest absolute Gasteiger partial charge is 0.345 e. The molecule has 3 unspecified atom stereocenters. The zero-order chi connectivity index (χ0) is 11.7. The van der Waals surface area contributed by atoms with Gasteiger partial charge >= 0.3 is 0 Å². The number of carbonyl (C=O) groups is 2. The number of rotatable bonds is 1. The molecular formula is C12H20N2O2. The zero-order valence-corrected chi connectivity index (χ0v) is 10.0. The normalized spacial score (nSPS) is 36.1. The number of hydrogen-bond donors (Lipinski definition) is 1. The highest BCUT2D eigenvalue weighted by Gasteiger charge is 2.37. The second-order valence-corrected chi connectivity index (χ2v) is 5.12. The van der Waals surface area contributed by atoms with Crippen LogP contribution in [0.15, 0.2) is 0 Å². The summed E-state index contributed by atoms with van der Waals surface area (Å²) >= 11 is 0. The SMILES string of the molecule is CC1CCCC(N2C(=O)CNC(=O)C2C)C1. The Balaban J connectivity index is 2.10. The van der Waals surface area contributed by atoms with Gasteiger partial charge in [0.25, 0.3) is 0 Å². The summed E-state index contributed by atoms with van der Waals surface area (Å²) in [7, 11) is 0. The second-order valence-electron chi connectivity index (χ2n) is 5.12. The summed E-state index contributed by atoms with van der Waals surface area (Å²) in [5, 5.41) is 2.63. The molecule has 4 heteroatoms. The van der Waals surface area contributed by atoms with Gasteiger partial charge in [0, 0.05) is 6.04 Å². The van der Waals surface area contributed by atoms with Gasteiger partial charge in [-0.15, -0.1) is 0 Å². The molecule has 16 heavy (non-hydrogen) atoms. The third-order valence-corrected chi connectivity index (χ3v) is 3.80. The number of amides is 2. The molecular weight excluding hydrogens is 204 g/mol. The van der Waals surface area contributed by atoms with Gasteiger partial charge in [0.05, 0.1) is 6.54 Å². The molecule has 2 rings (SSSR count). The molecule has 1 heterocycles. The number of carbonyl (C=O) groups excluding carboxylic acids is 2. The molecule has 2 fully saturated rings. The highest BCUT2D eigenvalue weighted by Crippen LogP contribution is 2.29. The van der Waals surface area contributed by atoms with Gasteiger partial charge in [-0.3, -0.25) is 9.59 Å². The van der Waals surface area contributed by atoms with E-state index in [9.17, 15) is 9.59 Å². The molecule has 0 aromatic carbocycles. The minimum absolute atomic E-state index is 0.0159. The Labute approximate surface area is 96.4 Å². The first-order valence-corrected chi connectivity index (χ1v) is 6.18. The lowest BCUT2D eigenvalue weighted by molar-refractivity contribution is -0.148. The number of nitrogens with zero attached hydrogens (tertiary/aromatic N) is 1. The predicted molar refractivity (Wildman–Crippen MR) is 60.7 cm³/mol. The fourth-order valence-electron chi connectivity index (χ4n) is 2.92. The van der Waals surface area contributed by atoms with Crippen LogP contribution in [-0.4, -0.2) is 35.3 Å². The molecule has 0 spiro atoms. The topological polar surface area (TPSA) is 49.4 Å². The van der Waals surface area contributed by atoms with Crippen LogP contribution in [0.1, 0.15) is 39.5 Å². The maximum atomic E-state index is 11.9. The highest BCUT2D eigenvalue weighted by molar-refractivity contribution is 5.94. The lowest BCUT2D eigenvalue weighted by atomic mass is 9.85. The van der Waals surface area contributed by atoms with E-state index in [1.165, 1.54) is 12.8 Å². The van der Waals surface area contributed by atoms with Gasteiger partial charge in [-0.05, 0) is 25.7 Å². The monoisotopic (exact) mass is 224 g/mol. The first-order chi connectivity index (χ1) is 7.59. The van der Waals surface area contributed by atoms with Crippen LogP contribution in [0, 0.1) is 5.92 Å². The van der Waals surface area contributed by atoms with Gasteiger partial charge in [-0.1, -0.05) is 19.8 Å². The summed E-state index contributed by atoms with van der Waals surface area (Å²) in [5.74, 6) is 0.729. The minimum Gasteiger partial charge on any atom is -0.345 e. The molecule has 0 aromatic rings. The van der Waals surface area contributed by atoms with Crippen molar-refractivity contribution in [1.82, 2.24) is 10.2 Å². The maximum Gasteiger partial charge on any atom is 0.242 e. The molecule has 2 amide bonds. The Morgan fingerprint density at radius 3 is 2.69 bits per heavy atom. The molecule has 0 bridgehead atoms. The Kier molecular flexibility index (Phi) is 3.17. The first kappa shape index (κ1) is 11.4. The first-order valence-electron chi connectivity index (χ1n) is 6.18. The van der Waals surface area contributed by atoms with Crippen LogP contribution in [-0.2, 0) is 9.59 Å². The van der Waals surface area contributed by atoms with Gasteiger partial charge in [-0.2, -0.15) is 0 Å². The van der Waals surface area contributed by atoms with Crippen molar-refractivity contribution in [3.8, 4) is 0 Å². The Morgan fingerprint density at radius 1 is 1.25 bits per heavy atom. The molecule has 1 N–H and O–H groups in total. The number of nitrogens with one attached hydrogen (secondary N) is 1. The standard InChI is InChI=1S/C12H20N2O2/c1-8-4-3-5-10(6-8)14-9(2)12(16)13-7-11(14)15/h8-10H,3-7H2,1-2H3,(H,13,16). The van der Waals surface area contributed by atoms with Crippen molar-refractivity contribution in [1.29, 1.82) is 0 Å². The Morgan fingerprint density at radius 2 is 2.00 bits per heavy atom. The van der Waals surface area contributed by atoms with Gasteiger partial charge in [0.1, 0.15) is 6.04 Å². The third kappa shape index (κ3) is 2.06. The number of piperazine rings is 1. The van der Waals surface area contributed by atoms with Crippen molar-refractivity contribution in [3.05, 3.63) is 0 Å². The van der Waals surface area contributed by atoms with E-state index in [0.717, 1.165) is 12.8 Å². The van der Waals surface area contributed by atoms with E-state index in [2.05, 4.69) is 12.2 Å². The van der Waals surface area contributed by atoms with E-state index in [0.29, 0.717) is 5.92 Å². The maximum absolute atomic E-state index is 11.9. The summed E-state index contributed by atoms with van der Waals surface area (Å²) in [6.07, 6.45) is 4.51. The molecule has 1 saturated heterocycles. The van der Waals surface area contributed by atoms with Crippen LogP contribution < -0.4 is 5.32 Å². The quantitative estimate of drug-likeness (QED) is 0.720. The third-order valence-electron chi connectivity index (χ3n) is 3.80. The summed E-state index contributed by atoms with van der Waals surface area (Å²) < 4.78 is 0. The van der Waals surface area contributed by atoms with Gasteiger partial charge in [-0.25, -0.2) is 0 Å². The van der Waals surface area contributed by atoms with Gasteiger partial charge < -0.3 is 10.2 Å². The average Bonchev–Trinajstić information content (AvgIpc) is 2.24. The molecule has 90 valence electrons. The average molecular weight is 224 g/mol. The van der Waals surface area contributed by atoms with Crippen molar-refractivity contribution in [2.45, 2.75) is 51.6 Å². The number of hydrogen-bond acceptors (Lipinski definition) is 2. The zero-order valence-electron chi connectivity index (χ0n) is 10.0. The fraction of sp³-hybridized carbons (Fsp3) is 0.833. The smallest absolute Gasteiger partial charge is 0.242 e. The highest BCUT2D eigenvalue weighted by atomic mass is 16.2. The molecule has 4 nitrogen and oxygen atoms in total. The van der Waals surface area contributed by atoms with E-state index in [1.807, 2.05) is 11.8 Å². The summed E-state index contributed by atoms with van der Waals surface area (Å²) in [6, 6.07) is -0.0196. The molecule has 0 radical (unpaired) electrons. The van der Waals surface area contributed by atoms with E-state index in [1.54, 1.807) is 0 Å². The van der Waals surface area contributed by atoms with Crippen LogP contribution in [0.3, 0.4) is 0 Å². The Bertz CT molecular complexity index is 303. The van der Waals surface area contributed by atoms with Crippen LogP contribution in [0.2, 0.25) is 0 Å². The molecule has 1 aliphatic carbocycles. The van der Waals surface area contributed by atoms with E-state index in [-0.39, 0.29) is 30.4 Å². The molecule has 3 atom stereocenters. The van der Waals surface area contributed by atoms with Crippen LogP contribution in [0.5, 0.6) is 0 Å². The predicted octanol–water partition coefficient (Wildman–Crippen LogP) is 0.912. The summed E-state index contributed by atoms with van der Waals surface area (Å²) in [5.41, 5.74) is 0. The lowest BCUT2D eigenvalue weighted by Gasteiger charge is -2.42. The fourth-order valence-corrected chi connectivity index (χ4v) is 2.92. The van der Waals surface area contributed by atoms with Crippen molar-refractivity contribution < 1.29 is 9.59 Å².